The number of hydrogen-bond acceptors (Lipinski definition) is 3. The number of carbonyl (C=O) groups is 2. The van der Waals surface area contributed by atoms with Crippen LogP contribution in [0.1, 0.15) is 33.0 Å². The summed E-state index contributed by atoms with van der Waals surface area (Å²) in [6.07, 6.45) is 1.27. The SMILES string of the molecule is CCc1nc2ccccc2n1CC(=O)NCC(CC(C)C)C(=O)O. The van der Waals surface area contributed by atoms with Crippen LogP contribution in [-0.4, -0.2) is 33.1 Å². The number of aliphatic carboxylic acids is 1. The van der Waals surface area contributed by atoms with E-state index in [1.165, 1.54) is 0 Å². The van der Waals surface area contributed by atoms with Crippen LogP contribution in [0, 0.1) is 11.8 Å². The van der Waals surface area contributed by atoms with Crippen molar-refractivity contribution in [3.8, 4) is 0 Å². The average Bonchev–Trinajstić information content (AvgIpc) is 2.88. The number of para-hydroxylation sites is 2. The van der Waals surface area contributed by atoms with Gasteiger partial charge in [0.15, 0.2) is 0 Å². The lowest BCUT2D eigenvalue weighted by Gasteiger charge is -2.16. The van der Waals surface area contributed by atoms with Crippen molar-refractivity contribution in [1.29, 1.82) is 0 Å². The quantitative estimate of drug-likeness (QED) is 0.778. The summed E-state index contributed by atoms with van der Waals surface area (Å²) in [5.74, 6) is -0.496. The van der Waals surface area contributed by atoms with Gasteiger partial charge in [0, 0.05) is 13.0 Å². The Hall–Kier alpha value is -2.37. The van der Waals surface area contributed by atoms with Gasteiger partial charge in [-0.25, -0.2) is 4.98 Å². The second-order valence-corrected chi connectivity index (χ2v) is 6.43. The number of rotatable bonds is 8. The Balaban J connectivity index is 2.06. The summed E-state index contributed by atoms with van der Waals surface area (Å²) in [6, 6.07) is 7.70. The zero-order valence-corrected chi connectivity index (χ0v) is 14.5. The summed E-state index contributed by atoms with van der Waals surface area (Å²) in [5.41, 5.74) is 1.78. The number of carbonyl (C=O) groups excluding carboxylic acids is 1. The van der Waals surface area contributed by atoms with Crippen molar-refractivity contribution in [1.82, 2.24) is 14.9 Å². The predicted molar refractivity (Wildman–Crippen MR) is 92.7 cm³/mol. The topological polar surface area (TPSA) is 84.2 Å². The molecule has 2 N–H and O–H groups in total. The molecule has 1 aromatic heterocycles. The van der Waals surface area contributed by atoms with E-state index in [4.69, 9.17) is 0 Å². The van der Waals surface area contributed by atoms with E-state index in [9.17, 15) is 14.7 Å². The Kier molecular flexibility index (Phi) is 5.95. The maximum Gasteiger partial charge on any atom is 0.308 e. The smallest absolute Gasteiger partial charge is 0.308 e. The van der Waals surface area contributed by atoms with Gasteiger partial charge < -0.3 is 15.0 Å². The predicted octanol–water partition coefficient (Wildman–Crippen LogP) is 2.46. The summed E-state index contributed by atoms with van der Waals surface area (Å²) >= 11 is 0. The fourth-order valence-electron chi connectivity index (χ4n) is 2.85. The number of carboxylic acid groups (broad SMARTS) is 1. The minimum absolute atomic E-state index is 0.151. The molecule has 0 saturated carbocycles. The van der Waals surface area contributed by atoms with E-state index >= 15 is 0 Å². The lowest BCUT2D eigenvalue weighted by molar-refractivity contribution is -0.142. The normalized spacial score (nSPS) is 12.5. The highest BCUT2D eigenvalue weighted by Gasteiger charge is 2.20. The first-order valence-corrected chi connectivity index (χ1v) is 8.36. The van der Waals surface area contributed by atoms with Crippen LogP contribution in [0.2, 0.25) is 0 Å². The Morgan fingerprint density at radius 1 is 1.29 bits per heavy atom. The number of carboxylic acids is 1. The molecule has 1 heterocycles. The van der Waals surface area contributed by atoms with Crippen molar-refractivity contribution in [2.45, 2.75) is 40.2 Å². The lowest BCUT2D eigenvalue weighted by atomic mass is 9.97. The van der Waals surface area contributed by atoms with Crippen molar-refractivity contribution in [3.05, 3.63) is 30.1 Å². The van der Waals surface area contributed by atoms with Crippen LogP contribution < -0.4 is 5.32 Å². The zero-order chi connectivity index (χ0) is 17.7. The molecule has 0 fully saturated rings. The molecule has 0 radical (unpaired) electrons. The Bertz CT molecular complexity index is 721. The van der Waals surface area contributed by atoms with E-state index in [0.717, 1.165) is 23.3 Å². The molecule has 0 bridgehead atoms. The van der Waals surface area contributed by atoms with Gasteiger partial charge >= 0.3 is 5.97 Å². The summed E-state index contributed by atoms with van der Waals surface area (Å²) < 4.78 is 1.89. The van der Waals surface area contributed by atoms with E-state index in [-0.39, 0.29) is 24.9 Å². The van der Waals surface area contributed by atoms with E-state index in [1.807, 2.05) is 49.6 Å². The largest absolute Gasteiger partial charge is 0.481 e. The molecule has 0 aliphatic heterocycles. The number of nitrogens with zero attached hydrogens (tertiary/aromatic N) is 2. The van der Waals surface area contributed by atoms with Crippen molar-refractivity contribution in [2.24, 2.45) is 11.8 Å². The summed E-state index contributed by atoms with van der Waals surface area (Å²) in [5, 5.41) is 12.0. The number of nitrogens with one attached hydrogen (secondary N) is 1. The molecule has 1 unspecified atom stereocenters. The first-order valence-electron chi connectivity index (χ1n) is 8.36. The van der Waals surface area contributed by atoms with Gasteiger partial charge in [0.05, 0.1) is 17.0 Å². The molecule has 1 aromatic carbocycles. The van der Waals surface area contributed by atoms with Crippen molar-refractivity contribution in [2.75, 3.05) is 6.54 Å². The maximum atomic E-state index is 12.3. The second kappa shape index (κ2) is 7.95. The molecule has 0 saturated heterocycles. The molecule has 0 spiro atoms. The Morgan fingerprint density at radius 3 is 2.62 bits per heavy atom. The van der Waals surface area contributed by atoms with Crippen LogP contribution in [0.4, 0.5) is 0 Å². The first kappa shape index (κ1) is 18.0. The fourth-order valence-corrected chi connectivity index (χ4v) is 2.85. The van der Waals surface area contributed by atoms with Gasteiger partial charge in [-0.15, -0.1) is 0 Å². The number of imidazole rings is 1. The third-order valence-electron chi connectivity index (χ3n) is 4.00. The molecule has 2 aromatic rings. The molecule has 1 atom stereocenters. The van der Waals surface area contributed by atoms with Crippen molar-refractivity contribution in [3.63, 3.8) is 0 Å². The minimum atomic E-state index is -0.869. The van der Waals surface area contributed by atoms with E-state index in [0.29, 0.717) is 6.42 Å². The minimum Gasteiger partial charge on any atom is -0.481 e. The number of hydrogen-bond donors (Lipinski definition) is 2. The van der Waals surface area contributed by atoms with Crippen LogP contribution in [-0.2, 0) is 22.6 Å². The molecule has 24 heavy (non-hydrogen) atoms. The maximum absolute atomic E-state index is 12.3. The molecule has 130 valence electrons. The Morgan fingerprint density at radius 2 is 2.00 bits per heavy atom. The summed E-state index contributed by atoms with van der Waals surface area (Å²) in [4.78, 5) is 28.1. The summed E-state index contributed by atoms with van der Waals surface area (Å²) in [7, 11) is 0. The van der Waals surface area contributed by atoms with E-state index in [1.54, 1.807) is 0 Å². The first-order chi connectivity index (χ1) is 11.4. The van der Waals surface area contributed by atoms with E-state index in [2.05, 4.69) is 10.3 Å². The van der Waals surface area contributed by atoms with Gasteiger partial charge in [-0.2, -0.15) is 0 Å². The van der Waals surface area contributed by atoms with Crippen LogP contribution in [0.5, 0.6) is 0 Å². The molecule has 2 rings (SSSR count). The molecule has 0 aliphatic carbocycles. The molecule has 6 nitrogen and oxygen atoms in total. The number of aryl methyl sites for hydroxylation is 1. The Labute approximate surface area is 141 Å². The monoisotopic (exact) mass is 331 g/mol. The number of aromatic nitrogens is 2. The van der Waals surface area contributed by atoms with Gasteiger partial charge in [0.2, 0.25) is 5.91 Å². The van der Waals surface area contributed by atoms with Gasteiger partial charge in [-0.1, -0.05) is 32.9 Å². The second-order valence-electron chi connectivity index (χ2n) is 6.43. The van der Waals surface area contributed by atoms with Gasteiger partial charge in [0.25, 0.3) is 0 Å². The molecular formula is C18H25N3O3. The fraction of sp³-hybridized carbons (Fsp3) is 0.500. The molecule has 1 amide bonds. The third-order valence-corrected chi connectivity index (χ3v) is 4.00. The van der Waals surface area contributed by atoms with Gasteiger partial charge in [-0.3, -0.25) is 9.59 Å². The number of fused-ring (bicyclic) bond motifs is 1. The highest BCUT2D eigenvalue weighted by atomic mass is 16.4. The van der Waals surface area contributed by atoms with Crippen LogP contribution in [0.3, 0.4) is 0 Å². The van der Waals surface area contributed by atoms with Crippen LogP contribution in [0.25, 0.3) is 11.0 Å². The highest BCUT2D eigenvalue weighted by Crippen LogP contribution is 2.16. The zero-order valence-electron chi connectivity index (χ0n) is 14.5. The van der Waals surface area contributed by atoms with Crippen molar-refractivity contribution >= 4 is 22.9 Å². The van der Waals surface area contributed by atoms with Crippen molar-refractivity contribution < 1.29 is 14.7 Å². The van der Waals surface area contributed by atoms with E-state index < -0.39 is 11.9 Å². The van der Waals surface area contributed by atoms with Gasteiger partial charge in [-0.05, 0) is 24.5 Å². The van der Waals surface area contributed by atoms with Crippen LogP contribution >= 0.6 is 0 Å². The lowest BCUT2D eigenvalue weighted by Crippen LogP contribution is -2.35. The summed E-state index contributed by atoms with van der Waals surface area (Å²) in [6.45, 7) is 6.25. The number of benzene rings is 1. The standard InChI is InChI=1S/C18H25N3O3/c1-4-16-20-14-7-5-6-8-15(14)21(16)11-17(22)19-10-13(18(23)24)9-12(2)3/h5-8,12-13H,4,9-11H2,1-3H3,(H,19,22)(H,23,24). The van der Waals surface area contributed by atoms with Crippen LogP contribution in [0.15, 0.2) is 24.3 Å². The molecule has 0 aliphatic rings. The average molecular weight is 331 g/mol. The third kappa shape index (κ3) is 4.34. The molecule has 6 heteroatoms. The molecular weight excluding hydrogens is 306 g/mol. The number of amides is 1. The highest BCUT2D eigenvalue weighted by molar-refractivity contribution is 5.81. The van der Waals surface area contributed by atoms with Gasteiger partial charge in [0.1, 0.15) is 12.4 Å².